The molecule has 104 valence electrons. The second kappa shape index (κ2) is 6.43. The van der Waals surface area contributed by atoms with Crippen molar-refractivity contribution in [3.8, 4) is 5.75 Å². The van der Waals surface area contributed by atoms with Crippen LogP contribution in [0.15, 0.2) is 18.2 Å². The normalized spacial score (nSPS) is 16.1. The van der Waals surface area contributed by atoms with Gasteiger partial charge in [-0.05, 0) is 19.1 Å². The van der Waals surface area contributed by atoms with Crippen LogP contribution < -0.4 is 10.5 Å². The fraction of sp³-hybridized carbons (Fsp3) is 0.500. The molecule has 2 N–H and O–H groups in total. The van der Waals surface area contributed by atoms with Gasteiger partial charge in [0, 0.05) is 12.8 Å². The number of para-hydroxylation sites is 1. The van der Waals surface area contributed by atoms with Gasteiger partial charge < -0.3 is 19.9 Å². The van der Waals surface area contributed by atoms with Crippen LogP contribution in [0.25, 0.3) is 0 Å². The highest BCUT2D eigenvalue weighted by molar-refractivity contribution is 5.94. The Hall–Kier alpha value is -1.75. The van der Waals surface area contributed by atoms with E-state index in [-0.39, 0.29) is 12.1 Å². The molecule has 0 spiro atoms. The molecular weight excluding hydrogens is 246 g/mol. The Bertz CT molecular complexity index is 441. The van der Waals surface area contributed by atoms with Crippen molar-refractivity contribution in [2.24, 2.45) is 0 Å². The maximum atomic E-state index is 12.2. The monoisotopic (exact) mass is 265 g/mol. The molecule has 0 atom stereocenters. The molecule has 1 aromatic rings. The van der Waals surface area contributed by atoms with Crippen LogP contribution in [0.3, 0.4) is 0 Å². The zero-order valence-electron chi connectivity index (χ0n) is 11.1. The van der Waals surface area contributed by atoms with Gasteiger partial charge in [0.1, 0.15) is 11.7 Å². The van der Waals surface area contributed by atoms with E-state index >= 15 is 0 Å². The van der Waals surface area contributed by atoms with Gasteiger partial charge in [0.15, 0.2) is 5.75 Å². The smallest absolute Gasteiger partial charge is 0.342 e. The van der Waals surface area contributed by atoms with E-state index in [1.807, 2.05) is 6.92 Å². The molecule has 1 aliphatic rings. The topological polar surface area (TPSA) is 70.8 Å². The number of anilines is 1. The Labute approximate surface area is 112 Å². The Morgan fingerprint density at radius 3 is 2.84 bits per heavy atom. The number of ether oxygens (including phenoxy) is 3. The van der Waals surface area contributed by atoms with Gasteiger partial charge in [-0.15, -0.1) is 0 Å². The highest BCUT2D eigenvalue weighted by Gasteiger charge is 2.22. The van der Waals surface area contributed by atoms with E-state index in [0.717, 1.165) is 12.8 Å². The number of nitrogens with two attached hydrogens (primary N) is 1. The number of hydrogen-bond donors (Lipinski definition) is 1. The fourth-order valence-corrected chi connectivity index (χ4v) is 2.03. The third kappa shape index (κ3) is 3.38. The van der Waals surface area contributed by atoms with E-state index in [1.54, 1.807) is 18.2 Å². The molecule has 19 heavy (non-hydrogen) atoms. The highest BCUT2D eigenvalue weighted by atomic mass is 16.6. The first-order chi connectivity index (χ1) is 9.22. The van der Waals surface area contributed by atoms with Gasteiger partial charge in [0.05, 0.1) is 25.5 Å². The molecule has 1 heterocycles. The Balaban J connectivity index is 2.11. The Morgan fingerprint density at radius 2 is 2.16 bits per heavy atom. The summed E-state index contributed by atoms with van der Waals surface area (Å²) in [6.07, 6.45) is 1.38. The summed E-state index contributed by atoms with van der Waals surface area (Å²) in [4.78, 5) is 12.2. The van der Waals surface area contributed by atoms with E-state index in [2.05, 4.69) is 0 Å². The molecular formula is C14H19NO4. The number of carbonyl (C=O) groups is 1. The molecule has 0 radical (unpaired) electrons. The number of carbonyl (C=O) groups excluding carboxylic acids is 1. The summed E-state index contributed by atoms with van der Waals surface area (Å²) in [5, 5.41) is 0. The summed E-state index contributed by atoms with van der Waals surface area (Å²) < 4.78 is 16.1. The Kier molecular flexibility index (Phi) is 4.63. The van der Waals surface area contributed by atoms with E-state index in [9.17, 15) is 4.79 Å². The van der Waals surface area contributed by atoms with Gasteiger partial charge in [-0.3, -0.25) is 0 Å². The first-order valence-corrected chi connectivity index (χ1v) is 6.52. The van der Waals surface area contributed by atoms with E-state index in [0.29, 0.717) is 36.8 Å². The highest BCUT2D eigenvalue weighted by Crippen LogP contribution is 2.28. The molecule has 1 aliphatic heterocycles. The number of hydrogen-bond acceptors (Lipinski definition) is 5. The molecule has 0 aliphatic carbocycles. The first-order valence-electron chi connectivity index (χ1n) is 6.52. The lowest BCUT2D eigenvalue weighted by atomic mass is 10.1. The zero-order valence-corrected chi connectivity index (χ0v) is 11.1. The fourth-order valence-electron chi connectivity index (χ4n) is 2.03. The van der Waals surface area contributed by atoms with Gasteiger partial charge in [0.2, 0.25) is 0 Å². The SMILES string of the molecule is CCOc1c(N)cccc1C(=O)OC1CCOCC1. The average molecular weight is 265 g/mol. The minimum absolute atomic E-state index is 0.0860. The predicted octanol–water partition coefficient (Wildman–Crippen LogP) is 2.00. The number of rotatable bonds is 4. The van der Waals surface area contributed by atoms with Crippen molar-refractivity contribution >= 4 is 11.7 Å². The molecule has 5 heteroatoms. The first kappa shape index (κ1) is 13.7. The van der Waals surface area contributed by atoms with Crippen LogP contribution in [-0.4, -0.2) is 31.9 Å². The van der Waals surface area contributed by atoms with Crippen LogP contribution in [0.2, 0.25) is 0 Å². The van der Waals surface area contributed by atoms with Gasteiger partial charge in [0.25, 0.3) is 0 Å². The van der Waals surface area contributed by atoms with Gasteiger partial charge in [-0.2, -0.15) is 0 Å². The molecule has 1 aromatic carbocycles. The van der Waals surface area contributed by atoms with Crippen molar-refractivity contribution < 1.29 is 19.0 Å². The van der Waals surface area contributed by atoms with Gasteiger partial charge >= 0.3 is 5.97 Å². The molecule has 0 bridgehead atoms. The number of nitrogen functional groups attached to an aromatic ring is 1. The summed E-state index contributed by atoms with van der Waals surface area (Å²) in [7, 11) is 0. The molecule has 0 amide bonds. The third-order valence-corrected chi connectivity index (χ3v) is 3.00. The van der Waals surface area contributed by atoms with Crippen LogP contribution in [0.1, 0.15) is 30.1 Å². The largest absolute Gasteiger partial charge is 0.491 e. The molecule has 2 rings (SSSR count). The van der Waals surface area contributed by atoms with Crippen LogP contribution in [0, 0.1) is 0 Å². The van der Waals surface area contributed by atoms with Gasteiger partial charge in [-0.1, -0.05) is 6.07 Å². The summed E-state index contributed by atoms with van der Waals surface area (Å²) >= 11 is 0. The van der Waals surface area contributed by atoms with Crippen LogP contribution in [0.5, 0.6) is 5.75 Å². The quantitative estimate of drug-likeness (QED) is 0.666. The molecule has 0 aromatic heterocycles. The maximum Gasteiger partial charge on any atom is 0.342 e. The minimum Gasteiger partial charge on any atom is -0.491 e. The lowest BCUT2D eigenvalue weighted by molar-refractivity contribution is -0.0161. The van der Waals surface area contributed by atoms with E-state index in [4.69, 9.17) is 19.9 Å². The molecule has 1 fully saturated rings. The summed E-state index contributed by atoms with van der Waals surface area (Å²) in [6.45, 7) is 3.56. The lowest BCUT2D eigenvalue weighted by Gasteiger charge is -2.22. The zero-order chi connectivity index (χ0) is 13.7. The third-order valence-electron chi connectivity index (χ3n) is 3.00. The standard InChI is InChI=1S/C14H19NO4/c1-2-18-13-11(4-3-5-12(13)15)14(16)19-10-6-8-17-9-7-10/h3-5,10H,2,6-9,15H2,1H3. The second-order valence-corrected chi connectivity index (χ2v) is 4.37. The molecule has 0 unspecified atom stereocenters. The summed E-state index contributed by atoms with van der Waals surface area (Å²) in [5.74, 6) is 0.0182. The molecule has 0 saturated carbocycles. The van der Waals surface area contributed by atoms with Crippen molar-refractivity contribution in [2.45, 2.75) is 25.9 Å². The van der Waals surface area contributed by atoms with E-state index in [1.165, 1.54) is 0 Å². The maximum absolute atomic E-state index is 12.2. The average Bonchev–Trinajstić information content (AvgIpc) is 2.42. The summed E-state index contributed by atoms with van der Waals surface area (Å²) in [6, 6.07) is 5.09. The number of benzene rings is 1. The lowest BCUT2D eigenvalue weighted by Crippen LogP contribution is -2.26. The Morgan fingerprint density at radius 1 is 1.42 bits per heavy atom. The minimum atomic E-state index is -0.386. The molecule has 5 nitrogen and oxygen atoms in total. The number of esters is 1. The van der Waals surface area contributed by atoms with Crippen molar-refractivity contribution in [1.29, 1.82) is 0 Å². The predicted molar refractivity (Wildman–Crippen MR) is 71.3 cm³/mol. The van der Waals surface area contributed by atoms with Gasteiger partial charge in [-0.25, -0.2) is 4.79 Å². The van der Waals surface area contributed by atoms with E-state index < -0.39 is 0 Å². The van der Waals surface area contributed by atoms with Crippen molar-refractivity contribution in [3.63, 3.8) is 0 Å². The van der Waals surface area contributed by atoms with Crippen molar-refractivity contribution in [3.05, 3.63) is 23.8 Å². The summed E-state index contributed by atoms with van der Waals surface area (Å²) in [5.41, 5.74) is 6.66. The van der Waals surface area contributed by atoms with Crippen molar-refractivity contribution in [2.75, 3.05) is 25.6 Å². The van der Waals surface area contributed by atoms with Crippen LogP contribution in [0.4, 0.5) is 5.69 Å². The second-order valence-electron chi connectivity index (χ2n) is 4.37. The molecule has 1 saturated heterocycles. The van der Waals surface area contributed by atoms with Crippen molar-refractivity contribution in [1.82, 2.24) is 0 Å². The van der Waals surface area contributed by atoms with Crippen LogP contribution >= 0.6 is 0 Å². The van der Waals surface area contributed by atoms with Crippen LogP contribution in [-0.2, 0) is 9.47 Å².